The van der Waals surface area contributed by atoms with Gasteiger partial charge in [0, 0.05) is 36.8 Å². The van der Waals surface area contributed by atoms with Gasteiger partial charge in [0.05, 0.1) is 0 Å². The highest BCUT2D eigenvalue weighted by molar-refractivity contribution is 6.31. The fraction of sp³-hybridized carbons (Fsp3) is 0.556. The topological polar surface area (TPSA) is 65.5 Å². The molecule has 3 N–H and O–H groups in total. The maximum absolute atomic E-state index is 12.1. The zero-order valence-corrected chi connectivity index (χ0v) is 15.2. The first-order valence-electron chi connectivity index (χ1n) is 8.62. The van der Waals surface area contributed by atoms with Crippen molar-refractivity contribution in [2.45, 2.75) is 51.5 Å². The highest BCUT2D eigenvalue weighted by Crippen LogP contribution is 2.22. The van der Waals surface area contributed by atoms with Crippen LogP contribution in [0.5, 0.6) is 0 Å². The van der Waals surface area contributed by atoms with Crippen molar-refractivity contribution in [3.05, 3.63) is 28.8 Å². The minimum absolute atomic E-state index is 0.0408. The van der Waals surface area contributed by atoms with Crippen LogP contribution >= 0.6 is 11.6 Å². The average molecular weight is 351 g/mol. The predicted octanol–water partition coefficient (Wildman–Crippen LogP) is 3.47. The Labute approximate surface area is 149 Å². The Balaban J connectivity index is 1.73. The molecule has 1 fully saturated rings. The zero-order valence-electron chi connectivity index (χ0n) is 14.5. The number of hydrogen-bond acceptors (Lipinski definition) is 2. The van der Waals surface area contributed by atoms with E-state index < -0.39 is 0 Å². The number of benzene rings is 1. The molecule has 0 unspecified atom stereocenters. The lowest BCUT2D eigenvalue weighted by Gasteiger charge is -2.24. The van der Waals surface area contributed by atoms with Crippen molar-refractivity contribution in [3.8, 4) is 0 Å². The number of aliphatic imine (C=N–C) groups is 1. The molecule has 2 rings (SSSR count). The van der Waals surface area contributed by atoms with Gasteiger partial charge in [-0.3, -0.25) is 9.79 Å². The number of nitrogens with one attached hydrogen (secondary N) is 3. The molecular weight excluding hydrogens is 324 g/mol. The van der Waals surface area contributed by atoms with E-state index in [1.807, 2.05) is 25.1 Å². The normalized spacial score (nSPS) is 15.9. The summed E-state index contributed by atoms with van der Waals surface area (Å²) in [4.78, 5) is 16.3. The number of rotatable bonds is 5. The van der Waals surface area contributed by atoms with Gasteiger partial charge in [-0.1, -0.05) is 36.9 Å². The number of hydrogen-bond donors (Lipinski definition) is 3. The molecule has 0 saturated heterocycles. The number of guanidine groups is 1. The Morgan fingerprint density at radius 1 is 1.29 bits per heavy atom. The number of amides is 1. The van der Waals surface area contributed by atoms with Crippen LogP contribution < -0.4 is 16.0 Å². The smallest absolute Gasteiger partial charge is 0.226 e. The molecule has 0 atom stereocenters. The van der Waals surface area contributed by atoms with Crippen LogP contribution in [0.4, 0.5) is 5.69 Å². The van der Waals surface area contributed by atoms with Crippen LogP contribution in [-0.4, -0.2) is 31.5 Å². The van der Waals surface area contributed by atoms with Crippen molar-refractivity contribution in [3.63, 3.8) is 0 Å². The van der Waals surface area contributed by atoms with E-state index in [1.54, 1.807) is 7.05 Å². The molecule has 0 aliphatic heterocycles. The largest absolute Gasteiger partial charge is 0.356 e. The first-order chi connectivity index (χ1) is 11.6. The lowest BCUT2D eigenvalue weighted by molar-refractivity contribution is -0.116. The Kier molecular flexibility index (Phi) is 7.37. The fourth-order valence-corrected chi connectivity index (χ4v) is 3.06. The quantitative estimate of drug-likeness (QED) is 0.562. The first-order valence-corrected chi connectivity index (χ1v) is 9.00. The average Bonchev–Trinajstić information content (AvgIpc) is 2.59. The summed E-state index contributed by atoms with van der Waals surface area (Å²) < 4.78 is 0. The van der Waals surface area contributed by atoms with Crippen LogP contribution in [0, 0.1) is 6.92 Å². The SMILES string of the molecule is CN=C(NCCC(=O)Nc1cccc(Cl)c1C)NC1CCCCC1. The van der Waals surface area contributed by atoms with Crippen LogP contribution in [0.25, 0.3) is 0 Å². The molecule has 1 aliphatic carbocycles. The molecule has 0 radical (unpaired) electrons. The molecule has 0 aromatic heterocycles. The van der Waals surface area contributed by atoms with Gasteiger partial charge in [-0.25, -0.2) is 0 Å². The van der Waals surface area contributed by atoms with Crippen molar-refractivity contribution in [2.75, 3.05) is 18.9 Å². The summed E-state index contributed by atoms with van der Waals surface area (Å²) in [7, 11) is 1.76. The molecule has 1 aliphatic rings. The number of nitrogens with zero attached hydrogens (tertiary/aromatic N) is 1. The van der Waals surface area contributed by atoms with E-state index in [0.717, 1.165) is 17.2 Å². The third kappa shape index (κ3) is 5.71. The van der Waals surface area contributed by atoms with Gasteiger partial charge in [0.2, 0.25) is 5.91 Å². The minimum Gasteiger partial charge on any atom is -0.356 e. The summed E-state index contributed by atoms with van der Waals surface area (Å²) in [5.74, 6) is 0.731. The molecule has 24 heavy (non-hydrogen) atoms. The molecule has 1 aromatic carbocycles. The fourth-order valence-electron chi connectivity index (χ4n) is 2.88. The third-order valence-corrected chi connectivity index (χ3v) is 4.77. The number of halogens is 1. The van der Waals surface area contributed by atoms with E-state index in [-0.39, 0.29) is 5.91 Å². The van der Waals surface area contributed by atoms with Gasteiger partial charge >= 0.3 is 0 Å². The van der Waals surface area contributed by atoms with Crippen molar-refractivity contribution in [1.82, 2.24) is 10.6 Å². The second-order valence-electron chi connectivity index (χ2n) is 6.19. The van der Waals surface area contributed by atoms with Gasteiger partial charge < -0.3 is 16.0 Å². The van der Waals surface area contributed by atoms with Gasteiger partial charge in [0.25, 0.3) is 0 Å². The van der Waals surface area contributed by atoms with Crippen molar-refractivity contribution in [1.29, 1.82) is 0 Å². The Hall–Kier alpha value is -1.75. The van der Waals surface area contributed by atoms with Gasteiger partial charge in [0.1, 0.15) is 0 Å². The summed E-state index contributed by atoms with van der Waals surface area (Å²) in [6, 6.07) is 6.00. The standard InChI is InChI=1S/C18H27ClN4O/c1-13-15(19)9-6-10-16(13)23-17(24)11-12-21-18(20-2)22-14-7-4-3-5-8-14/h6,9-10,14H,3-5,7-8,11-12H2,1-2H3,(H,23,24)(H2,20,21,22). The van der Waals surface area contributed by atoms with Gasteiger partial charge in [-0.05, 0) is 37.5 Å². The summed E-state index contributed by atoms with van der Waals surface area (Å²) in [6.07, 6.45) is 6.63. The van der Waals surface area contributed by atoms with Crippen molar-refractivity contribution < 1.29 is 4.79 Å². The predicted molar refractivity (Wildman–Crippen MR) is 101 cm³/mol. The molecule has 1 amide bonds. The van der Waals surface area contributed by atoms with E-state index in [4.69, 9.17) is 11.6 Å². The first kappa shape index (κ1) is 18.6. The van der Waals surface area contributed by atoms with E-state index in [9.17, 15) is 4.79 Å². The number of anilines is 1. The van der Waals surface area contributed by atoms with E-state index in [0.29, 0.717) is 24.0 Å². The van der Waals surface area contributed by atoms with Crippen molar-refractivity contribution >= 4 is 29.2 Å². The maximum atomic E-state index is 12.1. The third-order valence-electron chi connectivity index (χ3n) is 4.36. The van der Waals surface area contributed by atoms with E-state index in [1.165, 1.54) is 32.1 Å². The van der Waals surface area contributed by atoms with E-state index in [2.05, 4.69) is 20.9 Å². The van der Waals surface area contributed by atoms with Crippen molar-refractivity contribution in [2.24, 2.45) is 4.99 Å². The molecule has 132 valence electrons. The molecule has 0 bridgehead atoms. The minimum atomic E-state index is -0.0408. The summed E-state index contributed by atoms with van der Waals surface area (Å²) in [6.45, 7) is 2.43. The molecule has 5 nitrogen and oxygen atoms in total. The summed E-state index contributed by atoms with van der Waals surface area (Å²) >= 11 is 6.07. The van der Waals surface area contributed by atoms with Crippen LogP contribution in [0.3, 0.4) is 0 Å². The lowest BCUT2D eigenvalue weighted by atomic mass is 9.96. The Bertz CT molecular complexity index is 582. The second-order valence-corrected chi connectivity index (χ2v) is 6.60. The Morgan fingerprint density at radius 3 is 2.75 bits per heavy atom. The molecule has 1 saturated carbocycles. The van der Waals surface area contributed by atoms with Crippen LogP contribution in [0.2, 0.25) is 5.02 Å². The molecule has 1 aromatic rings. The highest BCUT2D eigenvalue weighted by Gasteiger charge is 2.14. The van der Waals surface area contributed by atoms with Crippen LogP contribution in [0.15, 0.2) is 23.2 Å². The molecule has 0 spiro atoms. The number of carbonyl (C=O) groups is 1. The molecular formula is C18H27ClN4O. The van der Waals surface area contributed by atoms with Crippen LogP contribution in [-0.2, 0) is 4.79 Å². The highest BCUT2D eigenvalue weighted by atomic mass is 35.5. The maximum Gasteiger partial charge on any atom is 0.226 e. The van der Waals surface area contributed by atoms with Gasteiger partial charge in [-0.2, -0.15) is 0 Å². The monoisotopic (exact) mass is 350 g/mol. The second kappa shape index (κ2) is 9.52. The van der Waals surface area contributed by atoms with E-state index >= 15 is 0 Å². The summed E-state index contributed by atoms with van der Waals surface area (Å²) in [5, 5.41) is 10.2. The molecule has 6 heteroatoms. The van der Waals surface area contributed by atoms with Gasteiger partial charge in [0.15, 0.2) is 5.96 Å². The molecule has 0 heterocycles. The van der Waals surface area contributed by atoms with Crippen LogP contribution in [0.1, 0.15) is 44.1 Å². The van der Waals surface area contributed by atoms with Gasteiger partial charge in [-0.15, -0.1) is 0 Å². The Morgan fingerprint density at radius 2 is 2.04 bits per heavy atom. The number of carbonyl (C=O) groups excluding carboxylic acids is 1. The summed E-state index contributed by atoms with van der Waals surface area (Å²) in [5.41, 5.74) is 1.65. The zero-order chi connectivity index (χ0) is 17.4. The lowest BCUT2D eigenvalue weighted by Crippen LogP contribution is -2.44.